The number of hydrogen-bond acceptors (Lipinski definition) is 9. The fraction of sp³-hybridized carbons (Fsp3) is 0.500. The van der Waals surface area contributed by atoms with Gasteiger partial charge < -0.3 is 18.9 Å². The van der Waals surface area contributed by atoms with E-state index in [9.17, 15) is 18.8 Å². The van der Waals surface area contributed by atoms with Gasteiger partial charge >= 0.3 is 17.9 Å². The second-order valence-corrected chi connectivity index (χ2v) is 7.43. The Morgan fingerprint density at radius 1 is 1.10 bits per heavy atom. The lowest BCUT2D eigenvalue weighted by atomic mass is 9.97. The Labute approximate surface area is 175 Å². The van der Waals surface area contributed by atoms with Crippen molar-refractivity contribution in [1.82, 2.24) is 0 Å². The highest BCUT2D eigenvalue weighted by atomic mass is 32.2. The predicted octanol–water partition coefficient (Wildman–Crippen LogP) is 2.75. The van der Waals surface area contributed by atoms with E-state index < -0.39 is 53.5 Å². The largest absolute Gasteiger partial charge is 0.463 e. The first-order valence-corrected chi connectivity index (χ1v) is 9.69. The van der Waals surface area contributed by atoms with Crippen LogP contribution in [0.5, 0.6) is 0 Å². The van der Waals surface area contributed by atoms with Gasteiger partial charge in [-0.1, -0.05) is 16.9 Å². The lowest BCUT2D eigenvalue weighted by molar-refractivity contribution is -0.201. The van der Waals surface area contributed by atoms with Crippen LogP contribution in [0, 0.1) is 5.82 Å². The summed E-state index contributed by atoms with van der Waals surface area (Å²) in [6, 6.07) is 4.32. The van der Waals surface area contributed by atoms with E-state index in [2.05, 4.69) is 10.0 Å². The Kier molecular flexibility index (Phi) is 8.46. The first-order chi connectivity index (χ1) is 14.2. The molecule has 1 aliphatic heterocycles. The highest BCUT2D eigenvalue weighted by molar-refractivity contribution is 7.99. The van der Waals surface area contributed by atoms with E-state index >= 15 is 0 Å². The van der Waals surface area contributed by atoms with Crippen LogP contribution >= 0.6 is 11.8 Å². The van der Waals surface area contributed by atoms with Crippen molar-refractivity contribution < 1.29 is 37.7 Å². The third-order valence-electron chi connectivity index (χ3n) is 3.92. The molecule has 1 aromatic carbocycles. The predicted molar refractivity (Wildman–Crippen MR) is 102 cm³/mol. The SMILES string of the molecule is CC(=O)OCC1O[C@H](Sc2ccc(F)cc2)C(OC(C)=O)C(N=[N+]=[N-])[C@H]1OC(C)=O. The van der Waals surface area contributed by atoms with Crippen LogP contribution < -0.4 is 0 Å². The van der Waals surface area contributed by atoms with Crippen molar-refractivity contribution in [2.75, 3.05) is 6.61 Å². The van der Waals surface area contributed by atoms with E-state index in [0.29, 0.717) is 4.90 Å². The number of rotatable bonds is 7. The Morgan fingerprint density at radius 2 is 1.70 bits per heavy atom. The van der Waals surface area contributed by atoms with Gasteiger partial charge in [-0.25, -0.2) is 4.39 Å². The zero-order chi connectivity index (χ0) is 22.3. The third-order valence-corrected chi connectivity index (χ3v) is 5.08. The molecule has 0 amide bonds. The molecule has 1 aromatic rings. The van der Waals surface area contributed by atoms with Crippen molar-refractivity contribution in [2.45, 2.75) is 55.5 Å². The van der Waals surface area contributed by atoms with Crippen LogP contribution in [-0.2, 0) is 33.3 Å². The average Bonchev–Trinajstić information content (AvgIpc) is 2.66. The summed E-state index contributed by atoms with van der Waals surface area (Å²) in [5.41, 5.74) is 8.11. The van der Waals surface area contributed by atoms with Crippen molar-refractivity contribution in [3.63, 3.8) is 0 Å². The Morgan fingerprint density at radius 3 is 2.23 bits per heavy atom. The molecule has 0 saturated carbocycles. The van der Waals surface area contributed by atoms with E-state index in [0.717, 1.165) is 18.7 Å². The van der Waals surface area contributed by atoms with Crippen LogP contribution in [0.15, 0.2) is 34.3 Å². The van der Waals surface area contributed by atoms with Crippen LogP contribution in [0.25, 0.3) is 10.4 Å². The summed E-state index contributed by atoms with van der Waals surface area (Å²) >= 11 is 1.08. The van der Waals surface area contributed by atoms with Gasteiger partial charge in [0, 0.05) is 30.6 Å². The topological polar surface area (TPSA) is 137 Å². The lowest BCUT2D eigenvalue weighted by Gasteiger charge is -2.43. The van der Waals surface area contributed by atoms with Gasteiger partial charge in [0.15, 0.2) is 0 Å². The van der Waals surface area contributed by atoms with Crippen molar-refractivity contribution in [2.24, 2.45) is 5.11 Å². The van der Waals surface area contributed by atoms with Crippen LogP contribution in [-0.4, -0.2) is 54.3 Å². The second-order valence-electron chi connectivity index (χ2n) is 6.26. The summed E-state index contributed by atoms with van der Waals surface area (Å²) in [4.78, 5) is 37.9. The Balaban J connectivity index is 2.41. The zero-order valence-corrected chi connectivity index (χ0v) is 17.2. The number of benzene rings is 1. The van der Waals surface area contributed by atoms with Crippen molar-refractivity contribution >= 4 is 29.7 Å². The fourth-order valence-electron chi connectivity index (χ4n) is 2.82. The molecule has 0 aromatic heterocycles. The summed E-state index contributed by atoms with van der Waals surface area (Å²) in [5, 5.41) is 3.67. The summed E-state index contributed by atoms with van der Waals surface area (Å²) in [6.07, 6.45) is -3.31. The number of azide groups is 1. The summed E-state index contributed by atoms with van der Waals surface area (Å²) in [7, 11) is 0. The molecule has 12 heteroatoms. The van der Waals surface area contributed by atoms with E-state index in [4.69, 9.17) is 24.5 Å². The number of nitrogens with zero attached hydrogens (tertiary/aromatic N) is 3. The van der Waals surface area contributed by atoms with Crippen molar-refractivity contribution in [1.29, 1.82) is 0 Å². The van der Waals surface area contributed by atoms with E-state index in [-0.39, 0.29) is 6.61 Å². The molecule has 0 bridgehead atoms. The van der Waals surface area contributed by atoms with Gasteiger partial charge in [0.05, 0.1) is 0 Å². The fourth-order valence-corrected chi connectivity index (χ4v) is 3.93. The first kappa shape index (κ1) is 23.5. The number of halogens is 1. The van der Waals surface area contributed by atoms with Crippen molar-refractivity contribution in [3.05, 3.63) is 40.5 Å². The van der Waals surface area contributed by atoms with E-state index in [1.54, 1.807) is 0 Å². The third kappa shape index (κ3) is 6.61. The van der Waals surface area contributed by atoms with Gasteiger partial charge in [0.2, 0.25) is 0 Å². The molecule has 30 heavy (non-hydrogen) atoms. The first-order valence-electron chi connectivity index (χ1n) is 8.81. The standard InChI is InChI=1S/C18H20FN3O7S/c1-9(23)26-8-14-16(27-10(2)24)15(21-22-20)17(28-11(3)25)18(29-14)30-13-6-4-12(19)5-7-13/h4-7,14-18H,8H2,1-3H3/t14?,15?,16-,17?,18+/m0/s1. The molecule has 1 fully saturated rings. The molecule has 1 saturated heterocycles. The van der Waals surface area contributed by atoms with Crippen LogP contribution in [0.2, 0.25) is 0 Å². The maximum atomic E-state index is 13.2. The number of carbonyl (C=O) groups excluding carboxylic acids is 3. The summed E-state index contributed by atoms with van der Waals surface area (Å²) in [5.74, 6) is -2.40. The summed E-state index contributed by atoms with van der Waals surface area (Å²) in [6.45, 7) is 3.22. The van der Waals surface area contributed by atoms with Crippen LogP contribution in [0.1, 0.15) is 20.8 Å². The molecular weight excluding hydrogens is 421 g/mol. The minimum atomic E-state index is -1.17. The molecule has 3 unspecified atom stereocenters. The normalized spacial score (nSPS) is 25.5. The molecule has 2 rings (SSSR count). The van der Waals surface area contributed by atoms with Gasteiger partial charge in [-0.2, -0.15) is 0 Å². The highest BCUT2D eigenvalue weighted by Gasteiger charge is 2.50. The molecule has 1 heterocycles. The van der Waals surface area contributed by atoms with Gasteiger partial charge in [-0.05, 0) is 29.8 Å². The molecule has 0 aliphatic carbocycles. The second kappa shape index (κ2) is 10.8. The maximum Gasteiger partial charge on any atom is 0.303 e. The smallest absolute Gasteiger partial charge is 0.303 e. The highest BCUT2D eigenvalue weighted by Crippen LogP contribution is 2.37. The Hall–Kier alpha value is -2.82. The molecule has 0 radical (unpaired) electrons. The monoisotopic (exact) mass is 441 g/mol. The number of esters is 3. The minimum Gasteiger partial charge on any atom is -0.463 e. The molecular formula is C18H20FN3O7S. The number of hydrogen-bond donors (Lipinski definition) is 0. The number of ether oxygens (including phenoxy) is 4. The number of thioether (sulfide) groups is 1. The lowest BCUT2D eigenvalue weighted by Crippen LogP contribution is -2.59. The van der Waals surface area contributed by atoms with Crippen molar-refractivity contribution in [3.8, 4) is 0 Å². The zero-order valence-electron chi connectivity index (χ0n) is 16.4. The number of carbonyl (C=O) groups is 3. The minimum absolute atomic E-state index is 0.294. The molecule has 1 aliphatic rings. The van der Waals surface area contributed by atoms with Gasteiger partial charge in [-0.3, -0.25) is 14.4 Å². The van der Waals surface area contributed by atoms with Gasteiger partial charge in [-0.15, -0.1) is 0 Å². The molecule has 162 valence electrons. The maximum absolute atomic E-state index is 13.2. The molecule has 10 nitrogen and oxygen atoms in total. The average molecular weight is 441 g/mol. The molecule has 0 spiro atoms. The van der Waals surface area contributed by atoms with E-state index in [1.807, 2.05) is 0 Å². The van der Waals surface area contributed by atoms with Gasteiger partial charge in [0.1, 0.15) is 42.2 Å². The van der Waals surface area contributed by atoms with E-state index in [1.165, 1.54) is 38.1 Å². The summed E-state index contributed by atoms with van der Waals surface area (Å²) < 4.78 is 34.7. The quantitative estimate of drug-likeness (QED) is 0.207. The van der Waals surface area contributed by atoms with Crippen LogP contribution in [0.3, 0.4) is 0 Å². The molecule has 0 N–H and O–H groups in total. The Bertz CT molecular complexity index is 832. The molecule has 5 atom stereocenters. The van der Waals surface area contributed by atoms with Crippen LogP contribution in [0.4, 0.5) is 4.39 Å². The van der Waals surface area contributed by atoms with Gasteiger partial charge in [0.25, 0.3) is 0 Å².